The first-order chi connectivity index (χ1) is 5.83. The van der Waals surface area contributed by atoms with Gasteiger partial charge in [-0.3, -0.25) is 9.63 Å². The third-order valence-electron chi connectivity index (χ3n) is 1.96. The van der Waals surface area contributed by atoms with Crippen molar-refractivity contribution in [1.29, 1.82) is 0 Å². The zero-order valence-electron chi connectivity index (χ0n) is 7.01. The Kier molecular flexibility index (Phi) is 4.40. The van der Waals surface area contributed by atoms with Gasteiger partial charge in [-0.15, -0.1) is 11.6 Å². The lowest BCUT2D eigenvalue weighted by Gasteiger charge is -2.10. The maximum Gasteiger partial charge on any atom is 0.244 e. The van der Waals surface area contributed by atoms with E-state index in [2.05, 4.69) is 5.48 Å². The second-order valence-electron chi connectivity index (χ2n) is 2.99. The molecule has 0 aromatic rings. The molecule has 0 radical (unpaired) electrons. The van der Waals surface area contributed by atoms with Gasteiger partial charge in [0, 0.05) is 12.3 Å². The van der Waals surface area contributed by atoms with Crippen molar-refractivity contribution >= 4 is 17.5 Å². The lowest BCUT2D eigenvalue weighted by Crippen LogP contribution is -2.28. The normalized spacial score (nSPS) is 18.1. The second-order valence-corrected chi connectivity index (χ2v) is 3.37. The summed E-state index contributed by atoms with van der Waals surface area (Å²) in [5, 5.41) is 0. The van der Waals surface area contributed by atoms with E-state index >= 15 is 0 Å². The Labute approximate surface area is 77.4 Å². The van der Waals surface area contributed by atoms with Gasteiger partial charge in [0.25, 0.3) is 0 Å². The van der Waals surface area contributed by atoms with Gasteiger partial charge in [-0.1, -0.05) is 12.8 Å². The molecule has 3 nitrogen and oxygen atoms in total. The van der Waals surface area contributed by atoms with Crippen LogP contribution in [0.1, 0.15) is 32.1 Å². The van der Waals surface area contributed by atoms with Crippen molar-refractivity contribution in [2.45, 2.75) is 38.2 Å². The topological polar surface area (TPSA) is 38.3 Å². The summed E-state index contributed by atoms with van der Waals surface area (Å²) in [4.78, 5) is 16.0. The number of hydroxylamine groups is 1. The number of hydrogen-bond donors (Lipinski definition) is 1. The Morgan fingerprint density at radius 3 is 2.75 bits per heavy atom. The van der Waals surface area contributed by atoms with E-state index in [1.54, 1.807) is 0 Å². The van der Waals surface area contributed by atoms with Crippen LogP contribution in [-0.2, 0) is 9.63 Å². The predicted octanol–water partition coefficient (Wildman–Crippen LogP) is 1.61. The van der Waals surface area contributed by atoms with Crippen LogP contribution in [0.15, 0.2) is 0 Å². The molecule has 1 saturated carbocycles. The van der Waals surface area contributed by atoms with Crippen molar-refractivity contribution < 1.29 is 9.63 Å². The van der Waals surface area contributed by atoms with Crippen LogP contribution in [0.4, 0.5) is 0 Å². The summed E-state index contributed by atoms with van der Waals surface area (Å²) in [5.41, 5.74) is 2.40. The number of nitrogens with one attached hydrogen (secondary N) is 1. The fourth-order valence-electron chi connectivity index (χ4n) is 1.29. The molecule has 1 aliphatic carbocycles. The maximum atomic E-state index is 10.9. The molecule has 0 heterocycles. The smallest absolute Gasteiger partial charge is 0.244 e. The highest BCUT2D eigenvalue weighted by Crippen LogP contribution is 2.19. The fourth-order valence-corrected chi connectivity index (χ4v) is 1.46. The van der Waals surface area contributed by atoms with Crippen LogP contribution in [-0.4, -0.2) is 17.9 Å². The minimum Gasteiger partial charge on any atom is -0.273 e. The van der Waals surface area contributed by atoms with Crippen molar-refractivity contribution in [3.63, 3.8) is 0 Å². The molecule has 0 spiro atoms. The summed E-state index contributed by atoms with van der Waals surface area (Å²) < 4.78 is 0. The van der Waals surface area contributed by atoms with E-state index < -0.39 is 0 Å². The number of carbonyl (C=O) groups excluding carboxylic acids is 1. The third kappa shape index (κ3) is 3.41. The molecule has 12 heavy (non-hydrogen) atoms. The minimum atomic E-state index is -0.128. The molecule has 70 valence electrons. The van der Waals surface area contributed by atoms with Crippen LogP contribution in [0.3, 0.4) is 0 Å². The molecule has 0 saturated heterocycles. The largest absolute Gasteiger partial charge is 0.273 e. The molecule has 0 atom stereocenters. The zero-order chi connectivity index (χ0) is 8.81. The highest BCUT2D eigenvalue weighted by Gasteiger charge is 2.16. The first-order valence-corrected chi connectivity index (χ1v) is 4.87. The lowest BCUT2D eigenvalue weighted by molar-refractivity contribution is -0.137. The molecule has 4 heteroatoms. The quantitative estimate of drug-likeness (QED) is 0.542. The Morgan fingerprint density at radius 1 is 1.50 bits per heavy atom. The van der Waals surface area contributed by atoms with Crippen molar-refractivity contribution in [1.82, 2.24) is 5.48 Å². The van der Waals surface area contributed by atoms with Gasteiger partial charge in [-0.25, -0.2) is 5.48 Å². The van der Waals surface area contributed by atoms with E-state index in [0.29, 0.717) is 12.3 Å². The number of rotatable bonds is 4. The molecule has 0 aromatic carbocycles. The lowest BCUT2D eigenvalue weighted by atomic mass is 10.3. The van der Waals surface area contributed by atoms with Gasteiger partial charge >= 0.3 is 0 Å². The number of alkyl halides is 1. The summed E-state index contributed by atoms with van der Waals surface area (Å²) in [6.45, 7) is 0. The van der Waals surface area contributed by atoms with Gasteiger partial charge < -0.3 is 0 Å². The molecule has 1 rings (SSSR count). The molecule has 0 aromatic heterocycles. The van der Waals surface area contributed by atoms with E-state index in [9.17, 15) is 4.79 Å². The summed E-state index contributed by atoms with van der Waals surface area (Å²) in [6.07, 6.45) is 5.08. The van der Waals surface area contributed by atoms with Crippen LogP contribution in [0.5, 0.6) is 0 Å². The third-order valence-corrected chi connectivity index (χ3v) is 2.15. The van der Waals surface area contributed by atoms with Gasteiger partial charge in [0.2, 0.25) is 5.91 Å². The number of hydrogen-bond acceptors (Lipinski definition) is 2. The molecular weight excluding hydrogens is 178 g/mol. The number of carbonyl (C=O) groups is 1. The highest BCUT2D eigenvalue weighted by atomic mass is 35.5. The molecule has 0 unspecified atom stereocenters. The van der Waals surface area contributed by atoms with E-state index in [1.807, 2.05) is 0 Å². The average molecular weight is 192 g/mol. The van der Waals surface area contributed by atoms with Gasteiger partial charge in [0.05, 0.1) is 6.10 Å². The summed E-state index contributed by atoms with van der Waals surface area (Å²) in [7, 11) is 0. The SMILES string of the molecule is O=C(CCCl)NOC1CCCC1. The molecule has 1 aliphatic rings. The van der Waals surface area contributed by atoms with E-state index in [1.165, 1.54) is 12.8 Å². The monoisotopic (exact) mass is 191 g/mol. The van der Waals surface area contributed by atoms with Crippen molar-refractivity contribution in [2.24, 2.45) is 0 Å². The molecule has 0 aliphatic heterocycles. The van der Waals surface area contributed by atoms with Crippen molar-refractivity contribution in [3.8, 4) is 0 Å². The fraction of sp³-hybridized carbons (Fsp3) is 0.875. The number of amides is 1. The van der Waals surface area contributed by atoms with Crippen LogP contribution in [0.2, 0.25) is 0 Å². The van der Waals surface area contributed by atoms with Gasteiger partial charge in [-0.05, 0) is 12.8 Å². The zero-order valence-corrected chi connectivity index (χ0v) is 7.77. The van der Waals surface area contributed by atoms with Gasteiger partial charge in [-0.2, -0.15) is 0 Å². The molecule has 1 amide bonds. The molecule has 1 fully saturated rings. The minimum absolute atomic E-state index is 0.128. The first-order valence-electron chi connectivity index (χ1n) is 4.33. The molecule has 1 N–H and O–H groups in total. The first kappa shape index (κ1) is 9.81. The van der Waals surface area contributed by atoms with E-state index in [-0.39, 0.29) is 12.0 Å². The number of halogens is 1. The van der Waals surface area contributed by atoms with Crippen LogP contribution in [0, 0.1) is 0 Å². The Balaban J connectivity index is 2.03. The van der Waals surface area contributed by atoms with Crippen molar-refractivity contribution in [3.05, 3.63) is 0 Å². The predicted molar refractivity (Wildman–Crippen MR) is 46.8 cm³/mol. The Hall–Kier alpha value is -0.280. The standard InChI is InChI=1S/C8H14ClNO2/c9-6-5-8(11)10-12-7-3-1-2-4-7/h7H,1-6H2,(H,10,11). The molecule has 0 bridgehead atoms. The Bertz CT molecular complexity index is 146. The summed E-state index contributed by atoms with van der Waals surface area (Å²) in [5.74, 6) is 0.219. The van der Waals surface area contributed by atoms with Gasteiger partial charge in [0.15, 0.2) is 0 Å². The van der Waals surface area contributed by atoms with Crippen LogP contribution < -0.4 is 5.48 Å². The van der Waals surface area contributed by atoms with Gasteiger partial charge in [0.1, 0.15) is 0 Å². The van der Waals surface area contributed by atoms with Crippen LogP contribution in [0.25, 0.3) is 0 Å². The van der Waals surface area contributed by atoms with Crippen LogP contribution >= 0.6 is 11.6 Å². The highest BCUT2D eigenvalue weighted by molar-refractivity contribution is 6.18. The summed E-state index contributed by atoms with van der Waals surface area (Å²) in [6, 6.07) is 0. The second kappa shape index (κ2) is 5.38. The molecular formula is C8H14ClNO2. The average Bonchev–Trinajstić information content (AvgIpc) is 2.53. The van der Waals surface area contributed by atoms with E-state index in [0.717, 1.165) is 12.8 Å². The summed E-state index contributed by atoms with van der Waals surface area (Å²) >= 11 is 5.38. The Morgan fingerprint density at radius 2 is 2.17 bits per heavy atom. The van der Waals surface area contributed by atoms with Crippen molar-refractivity contribution in [2.75, 3.05) is 5.88 Å². The maximum absolute atomic E-state index is 10.9. The van der Waals surface area contributed by atoms with E-state index in [4.69, 9.17) is 16.4 Å².